The van der Waals surface area contributed by atoms with Gasteiger partial charge >= 0.3 is 0 Å². The highest BCUT2D eigenvalue weighted by molar-refractivity contribution is 6.35. The maximum Gasteiger partial charge on any atom is 0.0468 e. The standard InChI is InChI=1S/C18H27Cl2N/c1-2-11-21-18(12-14-7-5-3-4-6-8-14)16-10-9-15(19)13-17(16)20/h9-10,13-14,18,21H,2-8,11-12H2,1H3. The zero-order valence-electron chi connectivity index (χ0n) is 13.0. The minimum Gasteiger partial charge on any atom is -0.310 e. The Bertz CT molecular complexity index is 425. The summed E-state index contributed by atoms with van der Waals surface area (Å²) in [5, 5.41) is 5.20. The van der Waals surface area contributed by atoms with Gasteiger partial charge in [0.25, 0.3) is 0 Å². The van der Waals surface area contributed by atoms with Crippen molar-refractivity contribution < 1.29 is 0 Å². The van der Waals surface area contributed by atoms with Crippen LogP contribution in [0.1, 0.15) is 69.9 Å². The van der Waals surface area contributed by atoms with Gasteiger partial charge in [0.1, 0.15) is 0 Å². The van der Waals surface area contributed by atoms with Gasteiger partial charge in [0.05, 0.1) is 0 Å². The molecule has 0 aromatic heterocycles. The molecule has 1 N–H and O–H groups in total. The third-order valence-electron chi connectivity index (χ3n) is 4.52. The van der Waals surface area contributed by atoms with Crippen molar-refractivity contribution in [3.8, 4) is 0 Å². The van der Waals surface area contributed by atoms with Crippen LogP contribution in [0.3, 0.4) is 0 Å². The lowest BCUT2D eigenvalue weighted by atomic mass is 9.89. The fourth-order valence-electron chi connectivity index (χ4n) is 3.36. The van der Waals surface area contributed by atoms with Crippen molar-refractivity contribution >= 4 is 23.2 Å². The van der Waals surface area contributed by atoms with Crippen molar-refractivity contribution in [3.63, 3.8) is 0 Å². The van der Waals surface area contributed by atoms with E-state index in [0.29, 0.717) is 11.1 Å². The molecule has 2 rings (SSSR count). The van der Waals surface area contributed by atoms with Crippen molar-refractivity contribution in [1.29, 1.82) is 0 Å². The van der Waals surface area contributed by atoms with Crippen molar-refractivity contribution in [1.82, 2.24) is 5.32 Å². The number of rotatable bonds is 6. The van der Waals surface area contributed by atoms with Gasteiger partial charge in [-0.2, -0.15) is 0 Å². The Morgan fingerprint density at radius 2 is 1.86 bits per heavy atom. The summed E-state index contributed by atoms with van der Waals surface area (Å²) in [6.07, 6.45) is 10.7. The van der Waals surface area contributed by atoms with E-state index in [9.17, 15) is 0 Å². The first-order chi connectivity index (χ1) is 10.2. The molecule has 1 aliphatic rings. The molecule has 1 nitrogen and oxygen atoms in total. The van der Waals surface area contributed by atoms with Gasteiger partial charge < -0.3 is 5.32 Å². The first-order valence-corrected chi connectivity index (χ1v) is 9.14. The third kappa shape index (κ3) is 5.47. The van der Waals surface area contributed by atoms with Crippen molar-refractivity contribution in [2.75, 3.05) is 6.54 Å². The maximum atomic E-state index is 6.43. The smallest absolute Gasteiger partial charge is 0.0468 e. The van der Waals surface area contributed by atoms with Gasteiger partial charge in [-0.1, -0.05) is 74.7 Å². The molecule has 0 saturated heterocycles. The summed E-state index contributed by atoms with van der Waals surface area (Å²) in [7, 11) is 0. The van der Waals surface area contributed by atoms with Crippen LogP contribution in [0.4, 0.5) is 0 Å². The summed E-state index contributed by atoms with van der Waals surface area (Å²) in [6, 6.07) is 6.27. The van der Waals surface area contributed by atoms with Crippen molar-refractivity contribution in [2.45, 2.75) is 64.3 Å². The lowest BCUT2D eigenvalue weighted by Gasteiger charge is -2.25. The fourth-order valence-corrected chi connectivity index (χ4v) is 3.90. The number of hydrogen-bond donors (Lipinski definition) is 1. The Morgan fingerprint density at radius 3 is 2.48 bits per heavy atom. The lowest BCUT2D eigenvalue weighted by molar-refractivity contribution is 0.356. The number of nitrogens with one attached hydrogen (secondary N) is 1. The third-order valence-corrected chi connectivity index (χ3v) is 5.08. The second kappa shape index (κ2) is 9.02. The Hall–Kier alpha value is -0.240. The van der Waals surface area contributed by atoms with E-state index in [1.54, 1.807) is 0 Å². The van der Waals surface area contributed by atoms with E-state index in [1.165, 1.54) is 50.5 Å². The minimum atomic E-state index is 0.359. The molecule has 3 heteroatoms. The van der Waals surface area contributed by atoms with Gasteiger partial charge in [0.15, 0.2) is 0 Å². The molecule has 0 radical (unpaired) electrons. The number of hydrogen-bond acceptors (Lipinski definition) is 1. The highest BCUT2D eigenvalue weighted by Gasteiger charge is 2.21. The van der Waals surface area contributed by atoms with E-state index < -0.39 is 0 Å². The van der Waals surface area contributed by atoms with E-state index in [4.69, 9.17) is 23.2 Å². The molecular formula is C18H27Cl2N. The van der Waals surface area contributed by atoms with Crippen LogP contribution in [0.5, 0.6) is 0 Å². The average molecular weight is 328 g/mol. The molecule has 1 fully saturated rings. The average Bonchev–Trinajstić information content (AvgIpc) is 2.72. The van der Waals surface area contributed by atoms with Crippen LogP contribution < -0.4 is 5.32 Å². The quantitative estimate of drug-likeness (QED) is 0.596. The van der Waals surface area contributed by atoms with Gasteiger partial charge in [-0.05, 0) is 43.0 Å². The molecule has 0 aliphatic heterocycles. The Balaban J connectivity index is 2.08. The normalized spacial score (nSPS) is 18.4. The molecule has 1 atom stereocenters. The van der Waals surface area contributed by atoms with E-state index in [2.05, 4.69) is 18.3 Å². The maximum absolute atomic E-state index is 6.43. The van der Waals surface area contributed by atoms with Crippen molar-refractivity contribution in [2.24, 2.45) is 5.92 Å². The van der Waals surface area contributed by atoms with Gasteiger partial charge in [-0.25, -0.2) is 0 Å². The summed E-state index contributed by atoms with van der Waals surface area (Å²) in [5.74, 6) is 0.827. The van der Waals surface area contributed by atoms with E-state index in [0.717, 1.165) is 23.9 Å². The summed E-state index contributed by atoms with van der Waals surface area (Å²) in [5.41, 5.74) is 1.21. The monoisotopic (exact) mass is 327 g/mol. The molecule has 1 unspecified atom stereocenters. The predicted molar refractivity (Wildman–Crippen MR) is 93.3 cm³/mol. The number of benzene rings is 1. The highest BCUT2D eigenvalue weighted by Crippen LogP contribution is 2.34. The molecule has 1 aliphatic carbocycles. The van der Waals surface area contributed by atoms with E-state index >= 15 is 0 Å². The molecule has 1 aromatic carbocycles. The Morgan fingerprint density at radius 1 is 1.14 bits per heavy atom. The predicted octanol–water partition coefficient (Wildman–Crippen LogP) is 6.39. The van der Waals surface area contributed by atoms with Gasteiger partial charge in [0.2, 0.25) is 0 Å². The molecule has 118 valence electrons. The molecule has 0 bridgehead atoms. The van der Waals surface area contributed by atoms with E-state index in [1.807, 2.05) is 12.1 Å². The Labute approximate surface area is 139 Å². The van der Waals surface area contributed by atoms with Crippen LogP contribution in [0.2, 0.25) is 10.0 Å². The molecule has 1 saturated carbocycles. The van der Waals surface area contributed by atoms with Crippen LogP contribution in [-0.2, 0) is 0 Å². The molecule has 0 spiro atoms. The van der Waals surface area contributed by atoms with Crippen LogP contribution in [0, 0.1) is 5.92 Å². The zero-order chi connectivity index (χ0) is 15.1. The second-order valence-corrected chi connectivity index (χ2v) is 7.11. The minimum absolute atomic E-state index is 0.359. The van der Waals surface area contributed by atoms with Crippen LogP contribution in [0.15, 0.2) is 18.2 Å². The van der Waals surface area contributed by atoms with E-state index in [-0.39, 0.29) is 0 Å². The van der Waals surface area contributed by atoms with Gasteiger partial charge in [-0.3, -0.25) is 0 Å². The van der Waals surface area contributed by atoms with Crippen LogP contribution in [-0.4, -0.2) is 6.54 Å². The zero-order valence-corrected chi connectivity index (χ0v) is 14.5. The molecule has 21 heavy (non-hydrogen) atoms. The Kier molecular flexibility index (Phi) is 7.36. The topological polar surface area (TPSA) is 12.0 Å². The SMILES string of the molecule is CCCNC(CC1CCCCCC1)c1ccc(Cl)cc1Cl. The highest BCUT2D eigenvalue weighted by atomic mass is 35.5. The van der Waals surface area contributed by atoms with Crippen molar-refractivity contribution in [3.05, 3.63) is 33.8 Å². The van der Waals surface area contributed by atoms with Crippen LogP contribution >= 0.6 is 23.2 Å². The molecule has 0 amide bonds. The summed E-state index contributed by atoms with van der Waals surface area (Å²) >= 11 is 12.5. The molecule has 0 heterocycles. The number of halogens is 2. The van der Waals surface area contributed by atoms with Crippen LogP contribution in [0.25, 0.3) is 0 Å². The summed E-state index contributed by atoms with van der Waals surface area (Å²) < 4.78 is 0. The largest absolute Gasteiger partial charge is 0.310 e. The lowest BCUT2D eigenvalue weighted by Crippen LogP contribution is -2.25. The van der Waals surface area contributed by atoms with Gasteiger partial charge in [0, 0.05) is 16.1 Å². The first-order valence-electron chi connectivity index (χ1n) is 8.39. The fraction of sp³-hybridized carbons (Fsp3) is 0.667. The van der Waals surface area contributed by atoms with Gasteiger partial charge in [-0.15, -0.1) is 0 Å². The summed E-state index contributed by atoms with van der Waals surface area (Å²) in [4.78, 5) is 0. The molecule has 1 aromatic rings. The summed E-state index contributed by atoms with van der Waals surface area (Å²) in [6.45, 7) is 3.25. The second-order valence-electron chi connectivity index (χ2n) is 6.27. The first kappa shape index (κ1) is 17.1. The molecular weight excluding hydrogens is 301 g/mol.